The zero-order valence-corrected chi connectivity index (χ0v) is 17.2. The maximum atomic E-state index is 12.4. The number of nitrogens with zero attached hydrogens (tertiary/aromatic N) is 2. The number of benzene rings is 2. The van der Waals surface area contributed by atoms with Crippen molar-refractivity contribution in [1.29, 1.82) is 0 Å². The molecule has 2 aromatic carbocycles. The van der Waals surface area contributed by atoms with E-state index in [-0.39, 0.29) is 11.9 Å². The molecule has 1 aromatic heterocycles. The van der Waals surface area contributed by atoms with Crippen molar-refractivity contribution in [2.45, 2.75) is 31.9 Å². The van der Waals surface area contributed by atoms with Crippen molar-refractivity contribution in [2.24, 2.45) is 5.92 Å². The SMILES string of the molecule is O=C(CCN1CCC(C2Oc3ccccc3Cn3cccc32)CC1)c1ccccc1. The number of carbonyl (C=O) groups excluding carboxylic acids is 1. The van der Waals surface area contributed by atoms with Crippen molar-refractivity contribution >= 4 is 5.78 Å². The first kappa shape index (κ1) is 19.1. The highest BCUT2D eigenvalue weighted by Gasteiger charge is 2.33. The summed E-state index contributed by atoms with van der Waals surface area (Å²) in [6.07, 6.45) is 5.04. The smallest absolute Gasteiger partial charge is 0.164 e. The number of piperidine rings is 1. The lowest BCUT2D eigenvalue weighted by molar-refractivity contribution is 0.0713. The van der Waals surface area contributed by atoms with Crippen molar-refractivity contribution in [1.82, 2.24) is 9.47 Å². The lowest BCUT2D eigenvalue weighted by Gasteiger charge is -2.35. The molecule has 154 valence electrons. The number of Topliss-reactive ketones (excluding diaryl/α,β-unsaturated/α-hetero) is 1. The van der Waals surface area contributed by atoms with Crippen LogP contribution in [0.5, 0.6) is 5.75 Å². The average molecular weight is 401 g/mol. The van der Waals surface area contributed by atoms with Gasteiger partial charge in [0.1, 0.15) is 11.9 Å². The molecule has 0 spiro atoms. The number of hydrogen-bond acceptors (Lipinski definition) is 3. The van der Waals surface area contributed by atoms with E-state index in [9.17, 15) is 4.79 Å². The summed E-state index contributed by atoms with van der Waals surface area (Å²) in [5.74, 6) is 1.74. The Bertz CT molecular complexity index is 1000. The summed E-state index contributed by atoms with van der Waals surface area (Å²) < 4.78 is 8.91. The van der Waals surface area contributed by atoms with Gasteiger partial charge in [-0.25, -0.2) is 0 Å². The van der Waals surface area contributed by atoms with Crippen molar-refractivity contribution in [3.05, 3.63) is 89.7 Å². The Hall–Kier alpha value is -2.85. The van der Waals surface area contributed by atoms with Crippen molar-refractivity contribution in [3.8, 4) is 5.75 Å². The monoisotopic (exact) mass is 400 g/mol. The summed E-state index contributed by atoms with van der Waals surface area (Å²) in [5, 5.41) is 0. The summed E-state index contributed by atoms with van der Waals surface area (Å²) in [7, 11) is 0. The molecule has 1 atom stereocenters. The molecule has 2 aliphatic heterocycles. The second kappa shape index (κ2) is 8.49. The molecule has 5 rings (SSSR count). The fourth-order valence-corrected chi connectivity index (χ4v) is 4.80. The summed E-state index contributed by atoms with van der Waals surface area (Å²) in [6, 6.07) is 22.4. The number of hydrogen-bond donors (Lipinski definition) is 0. The first-order valence-corrected chi connectivity index (χ1v) is 11.0. The van der Waals surface area contributed by atoms with Gasteiger partial charge in [-0.15, -0.1) is 0 Å². The number of likely N-dealkylation sites (tertiary alicyclic amines) is 1. The topological polar surface area (TPSA) is 34.5 Å². The van der Waals surface area contributed by atoms with Crippen molar-refractivity contribution < 1.29 is 9.53 Å². The Morgan fingerprint density at radius 1 is 0.933 bits per heavy atom. The second-order valence-electron chi connectivity index (χ2n) is 8.43. The summed E-state index contributed by atoms with van der Waals surface area (Å²) in [6.45, 7) is 3.75. The molecular weight excluding hydrogens is 372 g/mol. The van der Waals surface area contributed by atoms with Gasteiger partial charge >= 0.3 is 0 Å². The molecule has 0 radical (unpaired) electrons. The van der Waals surface area contributed by atoms with Crippen LogP contribution in [-0.4, -0.2) is 34.9 Å². The van der Waals surface area contributed by atoms with E-state index < -0.39 is 0 Å². The van der Waals surface area contributed by atoms with E-state index in [4.69, 9.17) is 4.74 Å². The summed E-state index contributed by atoms with van der Waals surface area (Å²) >= 11 is 0. The van der Waals surface area contributed by atoms with E-state index in [0.717, 1.165) is 50.3 Å². The molecule has 3 heterocycles. The van der Waals surface area contributed by atoms with Crippen molar-refractivity contribution in [3.63, 3.8) is 0 Å². The van der Waals surface area contributed by atoms with Gasteiger partial charge in [0, 0.05) is 36.2 Å². The van der Waals surface area contributed by atoms with Crippen LogP contribution in [0.15, 0.2) is 72.9 Å². The summed E-state index contributed by atoms with van der Waals surface area (Å²) in [5.41, 5.74) is 3.34. The molecular formula is C26H28N2O2. The molecule has 0 amide bonds. The van der Waals surface area contributed by atoms with Gasteiger partial charge < -0.3 is 14.2 Å². The Balaban J connectivity index is 1.22. The van der Waals surface area contributed by atoms with Gasteiger partial charge in [0.05, 0.1) is 12.2 Å². The molecule has 0 N–H and O–H groups in total. The Morgan fingerprint density at radius 3 is 2.53 bits per heavy atom. The van der Waals surface area contributed by atoms with Gasteiger partial charge in [0.2, 0.25) is 0 Å². The van der Waals surface area contributed by atoms with Gasteiger partial charge in [-0.2, -0.15) is 0 Å². The highest BCUT2D eigenvalue weighted by Crippen LogP contribution is 2.38. The molecule has 30 heavy (non-hydrogen) atoms. The predicted octanol–water partition coefficient (Wildman–Crippen LogP) is 4.95. The molecule has 0 aliphatic carbocycles. The van der Waals surface area contributed by atoms with Gasteiger partial charge in [0.25, 0.3) is 0 Å². The average Bonchev–Trinajstić information content (AvgIpc) is 3.19. The Kier molecular flexibility index (Phi) is 5.41. The standard InChI is InChI=1S/C26H28N2O2/c29-24(20-7-2-1-3-8-20)14-18-27-16-12-21(13-17-27)26-23-10-6-15-28(23)19-22-9-4-5-11-25(22)30-26/h1-11,15,21,26H,12-14,16-19H2. The van der Waals surface area contributed by atoms with Gasteiger partial charge in [0.15, 0.2) is 5.78 Å². The van der Waals surface area contributed by atoms with Crippen molar-refractivity contribution in [2.75, 3.05) is 19.6 Å². The van der Waals surface area contributed by atoms with Crippen LogP contribution >= 0.6 is 0 Å². The van der Waals surface area contributed by atoms with Crippen LogP contribution in [0.25, 0.3) is 0 Å². The number of ketones is 1. The molecule has 1 fully saturated rings. The van der Waals surface area contributed by atoms with Gasteiger partial charge in [-0.3, -0.25) is 4.79 Å². The van der Waals surface area contributed by atoms with Crippen LogP contribution in [0.1, 0.15) is 47.0 Å². The molecule has 4 nitrogen and oxygen atoms in total. The van der Waals surface area contributed by atoms with E-state index in [1.54, 1.807) is 0 Å². The normalized spacial score (nSPS) is 19.4. The van der Waals surface area contributed by atoms with E-state index in [1.807, 2.05) is 30.3 Å². The number of aromatic nitrogens is 1. The Labute approximate surface area is 178 Å². The number of para-hydroxylation sites is 1. The minimum atomic E-state index is 0.0942. The third kappa shape index (κ3) is 3.92. The fraction of sp³-hybridized carbons (Fsp3) is 0.346. The van der Waals surface area contributed by atoms with Crippen LogP contribution in [-0.2, 0) is 6.54 Å². The Morgan fingerprint density at radius 2 is 1.70 bits per heavy atom. The van der Waals surface area contributed by atoms with Crippen LogP contribution in [0.3, 0.4) is 0 Å². The molecule has 1 saturated heterocycles. The largest absolute Gasteiger partial charge is 0.484 e. The fourth-order valence-electron chi connectivity index (χ4n) is 4.80. The van der Waals surface area contributed by atoms with Crippen LogP contribution in [0.2, 0.25) is 0 Å². The molecule has 0 saturated carbocycles. The molecule has 3 aromatic rings. The quantitative estimate of drug-likeness (QED) is 0.568. The highest BCUT2D eigenvalue weighted by atomic mass is 16.5. The molecule has 2 aliphatic rings. The minimum absolute atomic E-state index is 0.0942. The van der Waals surface area contributed by atoms with Crippen LogP contribution in [0, 0.1) is 5.92 Å². The molecule has 4 heteroatoms. The number of ether oxygens (including phenoxy) is 1. The molecule has 1 unspecified atom stereocenters. The van der Waals surface area contributed by atoms with E-state index in [0.29, 0.717) is 12.3 Å². The lowest BCUT2D eigenvalue weighted by atomic mass is 9.89. The number of carbonyl (C=O) groups is 1. The van der Waals surface area contributed by atoms with E-state index in [2.05, 4.69) is 52.1 Å². The zero-order valence-electron chi connectivity index (χ0n) is 17.2. The minimum Gasteiger partial charge on any atom is -0.484 e. The molecule has 0 bridgehead atoms. The maximum Gasteiger partial charge on any atom is 0.164 e. The van der Waals surface area contributed by atoms with Crippen LogP contribution < -0.4 is 4.74 Å². The third-order valence-corrected chi connectivity index (χ3v) is 6.53. The van der Waals surface area contributed by atoms with Gasteiger partial charge in [-0.05, 0) is 44.1 Å². The lowest BCUT2D eigenvalue weighted by Crippen LogP contribution is -2.38. The number of fused-ring (bicyclic) bond motifs is 2. The second-order valence-corrected chi connectivity index (χ2v) is 8.43. The third-order valence-electron chi connectivity index (χ3n) is 6.53. The first-order valence-electron chi connectivity index (χ1n) is 11.0. The van der Waals surface area contributed by atoms with Gasteiger partial charge in [-0.1, -0.05) is 48.5 Å². The highest BCUT2D eigenvalue weighted by molar-refractivity contribution is 5.96. The summed E-state index contributed by atoms with van der Waals surface area (Å²) in [4.78, 5) is 14.8. The maximum absolute atomic E-state index is 12.4. The first-order chi connectivity index (χ1) is 14.8. The van der Waals surface area contributed by atoms with E-state index in [1.165, 1.54) is 11.3 Å². The van der Waals surface area contributed by atoms with E-state index >= 15 is 0 Å². The predicted molar refractivity (Wildman–Crippen MR) is 118 cm³/mol. The number of rotatable bonds is 5. The van der Waals surface area contributed by atoms with Crippen LogP contribution in [0.4, 0.5) is 0 Å². The zero-order chi connectivity index (χ0) is 20.3.